The molecule has 0 unspecified atom stereocenters. The lowest BCUT2D eigenvalue weighted by atomic mass is 9.95. The van der Waals surface area contributed by atoms with E-state index in [1.54, 1.807) is 19.1 Å². The van der Waals surface area contributed by atoms with E-state index in [4.69, 9.17) is 0 Å². The molecule has 1 fully saturated rings. The van der Waals surface area contributed by atoms with E-state index < -0.39 is 22.8 Å². The predicted molar refractivity (Wildman–Crippen MR) is 109 cm³/mol. The normalized spacial score (nSPS) is 15.1. The average Bonchev–Trinajstić information content (AvgIpc) is 3.03. The molecule has 1 N–H and O–H groups in total. The van der Waals surface area contributed by atoms with Gasteiger partial charge in [-0.2, -0.15) is 0 Å². The number of carbonyl (C=O) groups is 1. The summed E-state index contributed by atoms with van der Waals surface area (Å²) < 4.78 is 4.42. The van der Waals surface area contributed by atoms with E-state index in [1.807, 2.05) is 13.0 Å². The molecule has 0 aliphatic heterocycles. The van der Waals surface area contributed by atoms with Crippen LogP contribution in [-0.2, 0) is 6.54 Å². The molecule has 0 radical (unpaired) electrons. The Bertz CT molecular complexity index is 1210. The van der Waals surface area contributed by atoms with Crippen LogP contribution in [0.1, 0.15) is 61.3 Å². The fourth-order valence-corrected chi connectivity index (χ4v) is 4.37. The van der Waals surface area contributed by atoms with Gasteiger partial charge in [0.15, 0.2) is 0 Å². The zero-order chi connectivity index (χ0) is 20.7. The summed E-state index contributed by atoms with van der Waals surface area (Å²) in [6.07, 6.45) is 7.08. The lowest BCUT2D eigenvalue weighted by Crippen LogP contribution is -2.41. The van der Waals surface area contributed by atoms with E-state index in [9.17, 15) is 19.5 Å². The fraction of sp³-hybridized carbons (Fsp3) is 0.429. The number of aryl methyl sites for hydroxylation is 1. The smallest absolute Gasteiger partial charge is 0.342 e. The summed E-state index contributed by atoms with van der Waals surface area (Å²) >= 11 is 0. The van der Waals surface area contributed by atoms with Crippen molar-refractivity contribution < 1.29 is 9.90 Å². The van der Waals surface area contributed by atoms with Gasteiger partial charge in [-0.3, -0.25) is 13.9 Å². The Morgan fingerprint density at radius 1 is 1.21 bits per heavy atom. The average molecular weight is 396 g/mol. The van der Waals surface area contributed by atoms with Crippen LogP contribution >= 0.6 is 0 Å². The number of fused-ring (bicyclic) bond motifs is 1. The molecule has 0 amide bonds. The quantitative estimate of drug-likeness (QED) is 0.731. The minimum Gasteiger partial charge on any atom is -0.477 e. The molecule has 0 atom stereocenters. The molecule has 0 bridgehead atoms. The Kier molecular flexibility index (Phi) is 4.86. The van der Waals surface area contributed by atoms with Crippen LogP contribution < -0.4 is 11.2 Å². The van der Waals surface area contributed by atoms with Crippen molar-refractivity contribution in [2.45, 2.75) is 58.5 Å². The molecule has 1 aromatic carbocycles. The van der Waals surface area contributed by atoms with E-state index >= 15 is 0 Å². The number of benzene rings is 1. The molecular formula is C21H24N4O4. The van der Waals surface area contributed by atoms with Gasteiger partial charge in [-0.1, -0.05) is 19.3 Å². The van der Waals surface area contributed by atoms with Gasteiger partial charge in [-0.15, -0.1) is 0 Å². The van der Waals surface area contributed by atoms with E-state index in [0.717, 1.165) is 40.5 Å². The Balaban J connectivity index is 1.88. The van der Waals surface area contributed by atoms with Gasteiger partial charge in [0, 0.05) is 18.8 Å². The third-order valence-electron chi connectivity index (χ3n) is 5.78. The number of carboxylic acids is 1. The largest absolute Gasteiger partial charge is 0.477 e. The van der Waals surface area contributed by atoms with Gasteiger partial charge in [0.05, 0.1) is 16.7 Å². The van der Waals surface area contributed by atoms with Crippen molar-refractivity contribution in [1.82, 2.24) is 18.7 Å². The third kappa shape index (κ3) is 3.18. The van der Waals surface area contributed by atoms with Gasteiger partial charge in [0.25, 0.3) is 5.56 Å². The first-order valence-corrected chi connectivity index (χ1v) is 10.0. The zero-order valence-corrected chi connectivity index (χ0v) is 16.6. The number of hydrogen-bond donors (Lipinski definition) is 1. The third-order valence-corrected chi connectivity index (χ3v) is 5.78. The second kappa shape index (κ2) is 7.35. The van der Waals surface area contributed by atoms with Gasteiger partial charge < -0.3 is 9.67 Å². The molecular weight excluding hydrogens is 372 g/mol. The predicted octanol–water partition coefficient (Wildman–Crippen LogP) is 2.88. The first-order valence-electron chi connectivity index (χ1n) is 10.0. The fourth-order valence-electron chi connectivity index (χ4n) is 4.37. The van der Waals surface area contributed by atoms with Crippen molar-refractivity contribution in [3.8, 4) is 5.69 Å². The molecule has 8 nitrogen and oxygen atoms in total. The van der Waals surface area contributed by atoms with Crippen molar-refractivity contribution >= 4 is 17.0 Å². The molecule has 1 saturated carbocycles. The van der Waals surface area contributed by atoms with E-state index in [2.05, 4.69) is 9.55 Å². The summed E-state index contributed by atoms with van der Waals surface area (Å²) in [5.74, 6) is -0.425. The summed E-state index contributed by atoms with van der Waals surface area (Å²) in [4.78, 5) is 41.2. The molecule has 152 valence electrons. The van der Waals surface area contributed by atoms with Crippen LogP contribution in [0.2, 0.25) is 0 Å². The van der Waals surface area contributed by atoms with Crippen LogP contribution in [0.3, 0.4) is 0 Å². The number of imidazole rings is 1. The summed E-state index contributed by atoms with van der Waals surface area (Å²) in [5, 5.41) is 9.36. The van der Waals surface area contributed by atoms with E-state index in [1.165, 1.54) is 23.8 Å². The van der Waals surface area contributed by atoms with Crippen molar-refractivity contribution in [3.63, 3.8) is 0 Å². The Morgan fingerprint density at radius 2 is 1.93 bits per heavy atom. The van der Waals surface area contributed by atoms with Crippen LogP contribution in [0.25, 0.3) is 16.7 Å². The highest BCUT2D eigenvalue weighted by molar-refractivity contribution is 5.87. The highest BCUT2D eigenvalue weighted by atomic mass is 16.4. The molecule has 2 heterocycles. The number of rotatable bonds is 4. The standard InChI is InChI=1S/C21H24N4O4/c1-3-23-19(26)16(20(27)28)12-24(21(23)29)15-9-10-18-17(11-15)22-13(2)25(18)14-7-5-4-6-8-14/h9-12,14H,3-8H2,1-2H3,(H,27,28). The van der Waals surface area contributed by atoms with Gasteiger partial charge in [-0.25, -0.2) is 14.6 Å². The first-order chi connectivity index (χ1) is 13.9. The minimum absolute atomic E-state index is 0.0937. The van der Waals surface area contributed by atoms with Crippen LogP contribution in [0.15, 0.2) is 34.0 Å². The lowest BCUT2D eigenvalue weighted by molar-refractivity contribution is 0.0693. The summed E-state index contributed by atoms with van der Waals surface area (Å²) in [7, 11) is 0. The van der Waals surface area contributed by atoms with Crippen molar-refractivity contribution in [1.29, 1.82) is 0 Å². The Labute approximate surface area is 167 Å². The highest BCUT2D eigenvalue weighted by Gasteiger charge is 2.21. The molecule has 0 spiro atoms. The molecule has 2 aromatic heterocycles. The number of aromatic carboxylic acids is 1. The number of nitrogens with zero attached hydrogens (tertiary/aromatic N) is 4. The van der Waals surface area contributed by atoms with Crippen molar-refractivity contribution in [3.05, 3.63) is 56.6 Å². The molecule has 29 heavy (non-hydrogen) atoms. The molecule has 1 aliphatic carbocycles. The number of carboxylic acid groups (broad SMARTS) is 1. The van der Waals surface area contributed by atoms with E-state index in [-0.39, 0.29) is 6.54 Å². The van der Waals surface area contributed by atoms with Gasteiger partial charge in [0.1, 0.15) is 11.4 Å². The van der Waals surface area contributed by atoms with Crippen LogP contribution in [0, 0.1) is 6.92 Å². The maximum Gasteiger partial charge on any atom is 0.342 e. The van der Waals surface area contributed by atoms with Gasteiger partial charge in [0.2, 0.25) is 0 Å². The number of aromatic nitrogens is 4. The zero-order valence-electron chi connectivity index (χ0n) is 16.6. The SMILES string of the molecule is CCn1c(=O)c(C(=O)O)cn(-c2ccc3c(c2)nc(C)n3C2CCCCC2)c1=O. The topological polar surface area (TPSA) is 99.1 Å². The van der Waals surface area contributed by atoms with E-state index in [0.29, 0.717) is 11.7 Å². The minimum atomic E-state index is -1.36. The Hall–Kier alpha value is -3.16. The second-order valence-corrected chi connectivity index (χ2v) is 7.54. The number of hydrogen-bond acceptors (Lipinski definition) is 4. The monoisotopic (exact) mass is 396 g/mol. The maximum atomic E-state index is 12.8. The molecule has 3 aromatic rings. The Morgan fingerprint density at radius 3 is 2.59 bits per heavy atom. The van der Waals surface area contributed by atoms with Crippen LogP contribution in [0.5, 0.6) is 0 Å². The second-order valence-electron chi connectivity index (χ2n) is 7.54. The molecule has 1 aliphatic rings. The maximum absolute atomic E-state index is 12.8. The molecule has 4 rings (SSSR count). The lowest BCUT2D eigenvalue weighted by Gasteiger charge is -2.25. The van der Waals surface area contributed by atoms with Crippen LogP contribution in [0.4, 0.5) is 0 Å². The first kappa shape index (κ1) is 19.2. The summed E-state index contributed by atoms with van der Waals surface area (Å²) in [6, 6.07) is 5.91. The summed E-state index contributed by atoms with van der Waals surface area (Å²) in [6.45, 7) is 3.72. The molecule has 0 saturated heterocycles. The van der Waals surface area contributed by atoms with Crippen molar-refractivity contribution in [2.75, 3.05) is 0 Å². The van der Waals surface area contributed by atoms with Crippen LogP contribution in [-0.4, -0.2) is 29.8 Å². The molecule has 8 heteroatoms. The van der Waals surface area contributed by atoms with Gasteiger partial charge in [-0.05, 0) is 44.9 Å². The summed E-state index contributed by atoms with van der Waals surface area (Å²) in [5.41, 5.74) is 0.457. The van der Waals surface area contributed by atoms with Gasteiger partial charge >= 0.3 is 11.7 Å². The highest BCUT2D eigenvalue weighted by Crippen LogP contribution is 2.32. The van der Waals surface area contributed by atoms with Crippen molar-refractivity contribution in [2.24, 2.45) is 0 Å².